The van der Waals surface area contributed by atoms with Crippen molar-refractivity contribution < 1.29 is 9.21 Å². The zero-order valence-corrected chi connectivity index (χ0v) is 17.3. The van der Waals surface area contributed by atoms with Crippen LogP contribution < -0.4 is 5.32 Å². The smallest absolute Gasteiger partial charge is 0.268 e. The van der Waals surface area contributed by atoms with Gasteiger partial charge in [-0.25, -0.2) is 0 Å². The van der Waals surface area contributed by atoms with Gasteiger partial charge in [0.1, 0.15) is 11.5 Å². The fraction of sp³-hybridized carbons (Fsp3) is 0.375. The molecule has 5 nitrogen and oxygen atoms in total. The normalized spacial score (nSPS) is 15.7. The molecule has 1 saturated heterocycles. The van der Waals surface area contributed by atoms with Gasteiger partial charge < -0.3 is 14.3 Å². The van der Waals surface area contributed by atoms with Crippen LogP contribution in [0.5, 0.6) is 0 Å². The molecule has 0 radical (unpaired) electrons. The van der Waals surface area contributed by atoms with Crippen molar-refractivity contribution in [2.24, 2.45) is 0 Å². The van der Waals surface area contributed by atoms with Gasteiger partial charge in [0.2, 0.25) is 0 Å². The van der Waals surface area contributed by atoms with Gasteiger partial charge in [-0.3, -0.25) is 9.69 Å². The molecule has 0 atom stereocenters. The first-order valence-corrected chi connectivity index (χ1v) is 10.3. The number of piperidine rings is 1. The molecular weight excluding hydrogens is 362 g/mol. The summed E-state index contributed by atoms with van der Waals surface area (Å²) in [5.74, 6) is 0.819. The summed E-state index contributed by atoms with van der Waals surface area (Å²) in [6.07, 6.45) is 1.93. The van der Waals surface area contributed by atoms with Crippen LogP contribution in [0.15, 0.2) is 59.0 Å². The summed E-state index contributed by atoms with van der Waals surface area (Å²) < 4.78 is 7.75. The van der Waals surface area contributed by atoms with Crippen LogP contribution in [0.2, 0.25) is 0 Å². The second kappa shape index (κ2) is 8.29. The summed E-state index contributed by atoms with van der Waals surface area (Å²) in [6.45, 7) is 11.5. The summed E-state index contributed by atoms with van der Waals surface area (Å²) in [4.78, 5) is 15.5. The molecule has 1 aromatic carbocycles. The highest BCUT2D eigenvalue weighted by Gasteiger charge is 2.24. The minimum Gasteiger partial charge on any atom is -0.460 e. The molecule has 0 saturated carbocycles. The lowest BCUT2D eigenvalue weighted by Gasteiger charge is -2.32. The Hall–Kier alpha value is -2.79. The van der Waals surface area contributed by atoms with Crippen LogP contribution in [0.1, 0.15) is 41.6 Å². The predicted octanol–water partition coefficient (Wildman–Crippen LogP) is 4.51. The maximum atomic E-state index is 13.0. The number of nitrogens with one attached hydrogen (secondary N) is 1. The molecule has 3 heterocycles. The maximum Gasteiger partial charge on any atom is 0.268 e. The van der Waals surface area contributed by atoms with Gasteiger partial charge in [-0.05, 0) is 32.3 Å². The van der Waals surface area contributed by atoms with E-state index < -0.39 is 0 Å². The Bertz CT molecular complexity index is 1010. The third-order valence-corrected chi connectivity index (χ3v) is 5.55. The van der Waals surface area contributed by atoms with Crippen LogP contribution >= 0.6 is 0 Å². The van der Waals surface area contributed by atoms with E-state index in [4.69, 9.17) is 4.42 Å². The van der Waals surface area contributed by atoms with E-state index in [1.165, 1.54) is 5.56 Å². The van der Waals surface area contributed by atoms with Gasteiger partial charge in [0.05, 0.1) is 5.52 Å². The first-order chi connectivity index (χ1) is 14.0. The number of carbonyl (C=O) groups is 1. The highest BCUT2D eigenvalue weighted by molar-refractivity contribution is 5.97. The van der Waals surface area contributed by atoms with Crippen molar-refractivity contribution in [3.8, 4) is 0 Å². The van der Waals surface area contributed by atoms with Crippen molar-refractivity contribution in [3.05, 3.63) is 71.6 Å². The number of hydrogen-bond donors (Lipinski definition) is 1. The molecule has 1 N–H and O–H groups in total. The lowest BCUT2D eigenvalue weighted by Crippen LogP contribution is -2.44. The topological polar surface area (TPSA) is 50.4 Å². The third kappa shape index (κ3) is 4.46. The molecule has 29 heavy (non-hydrogen) atoms. The van der Waals surface area contributed by atoms with Gasteiger partial charge in [0.25, 0.3) is 5.91 Å². The van der Waals surface area contributed by atoms with Gasteiger partial charge >= 0.3 is 0 Å². The summed E-state index contributed by atoms with van der Waals surface area (Å²) in [5, 5.41) is 3.24. The molecule has 1 amide bonds. The van der Waals surface area contributed by atoms with Crippen LogP contribution in [0.4, 0.5) is 0 Å². The molecule has 4 rings (SSSR count). The van der Waals surface area contributed by atoms with Crippen molar-refractivity contribution in [1.82, 2.24) is 14.8 Å². The fourth-order valence-corrected chi connectivity index (χ4v) is 4.13. The van der Waals surface area contributed by atoms with Crippen LogP contribution in [0.25, 0.3) is 11.1 Å². The van der Waals surface area contributed by atoms with E-state index >= 15 is 0 Å². The largest absolute Gasteiger partial charge is 0.460 e. The SMILES string of the molecule is C=C(C)Cn1c(C(=O)NC2CCN(Cc3ccccc3)CC2)cc2oc(C)cc21. The second-order valence-corrected chi connectivity index (χ2v) is 8.19. The summed E-state index contributed by atoms with van der Waals surface area (Å²) >= 11 is 0. The second-order valence-electron chi connectivity index (χ2n) is 8.19. The van der Waals surface area contributed by atoms with E-state index in [1.807, 2.05) is 36.6 Å². The fourth-order valence-electron chi connectivity index (χ4n) is 4.13. The quantitative estimate of drug-likeness (QED) is 0.629. The van der Waals surface area contributed by atoms with Crippen molar-refractivity contribution >= 4 is 17.0 Å². The predicted molar refractivity (Wildman–Crippen MR) is 116 cm³/mol. The van der Waals surface area contributed by atoms with E-state index in [2.05, 4.69) is 41.1 Å². The van der Waals surface area contributed by atoms with Crippen LogP contribution in [0, 0.1) is 6.92 Å². The molecule has 1 aliphatic heterocycles. The molecule has 0 aliphatic carbocycles. The average molecular weight is 392 g/mol. The number of aryl methyl sites for hydroxylation is 1. The Morgan fingerprint density at radius 3 is 2.62 bits per heavy atom. The molecule has 1 aliphatic rings. The Morgan fingerprint density at radius 2 is 1.93 bits per heavy atom. The monoisotopic (exact) mass is 391 g/mol. The number of benzene rings is 1. The lowest BCUT2D eigenvalue weighted by molar-refractivity contribution is 0.0900. The molecule has 5 heteroatoms. The number of nitrogens with zero attached hydrogens (tertiary/aromatic N) is 2. The molecule has 0 bridgehead atoms. The van der Waals surface area contributed by atoms with Crippen LogP contribution in [-0.4, -0.2) is 34.5 Å². The third-order valence-electron chi connectivity index (χ3n) is 5.55. The number of rotatable bonds is 6. The van der Waals surface area contributed by atoms with Crippen LogP contribution in [-0.2, 0) is 13.1 Å². The number of furan rings is 1. The Balaban J connectivity index is 1.40. The number of aromatic nitrogens is 1. The number of carbonyl (C=O) groups excluding carboxylic acids is 1. The minimum atomic E-state index is -0.0307. The molecule has 3 aromatic rings. The van der Waals surface area contributed by atoms with E-state index in [0.29, 0.717) is 12.2 Å². The van der Waals surface area contributed by atoms with Gasteiger partial charge in [-0.15, -0.1) is 0 Å². The first-order valence-electron chi connectivity index (χ1n) is 10.3. The standard InChI is InChI=1S/C24H29N3O2/c1-17(2)15-27-21-13-18(3)29-23(21)14-22(27)24(28)25-20-9-11-26(12-10-20)16-19-7-5-4-6-8-19/h4-8,13-14,20H,1,9-12,15-16H2,2-3H3,(H,25,28). The van der Waals surface area contributed by atoms with Gasteiger partial charge in [0.15, 0.2) is 5.58 Å². The highest BCUT2D eigenvalue weighted by atomic mass is 16.3. The number of amides is 1. The van der Waals surface area contributed by atoms with Gasteiger partial charge in [-0.2, -0.15) is 0 Å². The minimum absolute atomic E-state index is 0.0307. The highest BCUT2D eigenvalue weighted by Crippen LogP contribution is 2.25. The van der Waals surface area contributed by atoms with E-state index in [-0.39, 0.29) is 11.9 Å². The lowest BCUT2D eigenvalue weighted by atomic mass is 10.0. The zero-order valence-electron chi connectivity index (χ0n) is 17.3. The van der Waals surface area contributed by atoms with Crippen molar-refractivity contribution in [3.63, 3.8) is 0 Å². The van der Waals surface area contributed by atoms with Crippen molar-refractivity contribution in [1.29, 1.82) is 0 Å². The van der Waals surface area contributed by atoms with Crippen molar-refractivity contribution in [2.45, 2.75) is 45.8 Å². The van der Waals surface area contributed by atoms with Crippen LogP contribution in [0.3, 0.4) is 0 Å². The van der Waals surface area contributed by atoms with Gasteiger partial charge in [-0.1, -0.05) is 42.5 Å². The van der Waals surface area contributed by atoms with E-state index in [0.717, 1.165) is 54.9 Å². The summed E-state index contributed by atoms with van der Waals surface area (Å²) in [5.41, 5.74) is 4.70. The zero-order chi connectivity index (χ0) is 20.4. The Kier molecular flexibility index (Phi) is 5.58. The Morgan fingerprint density at radius 1 is 1.21 bits per heavy atom. The maximum absolute atomic E-state index is 13.0. The van der Waals surface area contributed by atoms with Crippen molar-refractivity contribution in [2.75, 3.05) is 13.1 Å². The molecule has 0 spiro atoms. The molecule has 152 valence electrons. The average Bonchev–Trinajstić information content (AvgIpc) is 3.21. The molecule has 1 fully saturated rings. The molecule has 0 unspecified atom stereocenters. The molecule has 2 aromatic heterocycles. The number of likely N-dealkylation sites (tertiary alicyclic amines) is 1. The number of hydrogen-bond acceptors (Lipinski definition) is 3. The summed E-state index contributed by atoms with van der Waals surface area (Å²) in [7, 11) is 0. The van der Waals surface area contributed by atoms with E-state index in [1.54, 1.807) is 0 Å². The number of allylic oxidation sites excluding steroid dienone is 1. The molecular formula is C24H29N3O2. The summed E-state index contributed by atoms with van der Waals surface area (Å²) in [6, 6.07) is 14.6. The van der Waals surface area contributed by atoms with Gasteiger partial charge in [0, 0.05) is 44.4 Å². The Labute approximate surface area is 172 Å². The number of fused-ring (bicyclic) bond motifs is 1. The first kappa shape index (κ1) is 19.5. The van der Waals surface area contributed by atoms with E-state index in [9.17, 15) is 4.79 Å².